The zero-order chi connectivity index (χ0) is 26.0. The molecule has 0 heterocycles. The predicted molar refractivity (Wildman–Crippen MR) is 120 cm³/mol. The molecule has 10 heteroatoms. The Hall–Kier alpha value is -3.82. The van der Waals surface area contributed by atoms with Crippen molar-refractivity contribution in [1.82, 2.24) is 0 Å². The average Bonchev–Trinajstić information content (AvgIpc) is 2.79. The molecular formula is C25H20F6N2O2. The van der Waals surface area contributed by atoms with E-state index in [4.69, 9.17) is 0 Å². The van der Waals surface area contributed by atoms with Crippen molar-refractivity contribution in [1.29, 1.82) is 0 Å². The summed E-state index contributed by atoms with van der Waals surface area (Å²) in [7, 11) is 1.49. The van der Waals surface area contributed by atoms with Gasteiger partial charge in [0.15, 0.2) is 5.78 Å². The van der Waals surface area contributed by atoms with Gasteiger partial charge >= 0.3 is 12.4 Å². The van der Waals surface area contributed by atoms with Crippen LogP contribution in [0.3, 0.4) is 0 Å². The molecule has 0 saturated heterocycles. The Morgan fingerprint density at radius 1 is 0.686 bits per heavy atom. The SMILES string of the molecule is CNc1ccc(C(c2ccc(NC(=O)c3cccc(C(C)=O)c3)cc2)(C(F)(F)F)C(F)(F)F)cc1. The van der Waals surface area contributed by atoms with E-state index in [2.05, 4.69) is 10.6 Å². The molecule has 3 aromatic carbocycles. The van der Waals surface area contributed by atoms with Crippen LogP contribution in [0.2, 0.25) is 0 Å². The number of amides is 1. The Kier molecular flexibility index (Phi) is 6.96. The molecule has 2 N–H and O–H groups in total. The fourth-order valence-electron chi connectivity index (χ4n) is 3.76. The molecule has 0 aromatic heterocycles. The largest absolute Gasteiger partial charge is 0.411 e. The second kappa shape index (κ2) is 9.44. The third-order valence-electron chi connectivity index (χ3n) is 5.56. The van der Waals surface area contributed by atoms with Gasteiger partial charge in [-0.25, -0.2) is 0 Å². The van der Waals surface area contributed by atoms with E-state index in [1.165, 1.54) is 38.2 Å². The topological polar surface area (TPSA) is 58.2 Å². The first-order valence-corrected chi connectivity index (χ1v) is 10.3. The van der Waals surface area contributed by atoms with E-state index in [1.807, 2.05) is 0 Å². The van der Waals surface area contributed by atoms with Crippen molar-refractivity contribution in [2.45, 2.75) is 24.7 Å². The first kappa shape index (κ1) is 25.8. The molecule has 0 aliphatic carbocycles. The Morgan fingerprint density at radius 2 is 1.14 bits per heavy atom. The van der Waals surface area contributed by atoms with Crippen molar-refractivity contribution in [2.75, 3.05) is 17.7 Å². The highest BCUT2D eigenvalue weighted by Gasteiger charge is 2.72. The van der Waals surface area contributed by atoms with Crippen LogP contribution in [0.15, 0.2) is 72.8 Å². The van der Waals surface area contributed by atoms with Crippen LogP contribution in [-0.4, -0.2) is 31.1 Å². The number of benzene rings is 3. The lowest BCUT2D eigenvalue weighted by molar-refractivity contribution is -0.288. The van der Waals surface area contributed by atoms with Gasteiger partial charge in [0.25, 0.3) is 5.91 Å². The van der Waals surface area contributed by atoms with Gasteiger partial charge in [0.05, 0.1) is 0 Å². The van der Waals surface area contributed by atoms with Crippen molar-refractivity contribution >= 4 is 23.1 Å². The number of hydrogen-bond acceptors (Lipinski definition) is 3. The van der Waals surface area contributed by atoms with Gasteiger partial charge in [0.1, 0.15) is 0 Å². The van der Waals surface area contributed by atoms with Gasteiger partial charge in [-0.2, -0.15) is 26.3 Å². The highest BCUT2D eigenvalue weighted by atomic mass is 19.4. The minimum Gasteiger partial charge on any atom is -0.388 e. The Balaban J connectivity index is 2.02. The molecule has 0 fully saturated rings. The van der Waals surface area contributed by atoms with Crippen molar-refractivity contribution in [3.8, 4) is 0 Å². The van der Waals surface area contributed by atoms with Crippen molar-refractivity contribution in [3.05, 3.63) is 95.1 Å². The predicted octanol–water partition coefficient (Wildman–Crippen LogP) is 6.59. The number of anilines is 2. The highest BCUT2D eigenvalue weighted by Crippen LogP contribution is 2.56. The molecule has 0 radical (unpaired) electrons. The quantitative estimate of drug-likeness (QED) is 0.300. The van der Waals surface area contributed by atoms with Gasteiger partial charge in [-0.1, -0.05) is 36.4 Å². The molecule has 0 aliphatic rings. The zero-order valence-corrected chi connectivity index (χ0v) is 18.5. The van der Waals surface area contributed by atoms with E-state index < -0.39 is 34.8 Å². The van der Waals surface area contributed by atoms with Gasteiger partial charge in [-0.15, -0.1) is 0 Å². The minimum atomic E-state index is -5.72. The van der Waals surface area contributed by atoms with Crippen LogP contribution < -0.4 is 10.6 Å². The summed E-state index contributed by atoms with van der Waals surface area (Å²) in [4.78, 5) is 24.0. The number of nitrogens with one attached hydrogen (secondary N) is 2. The fraction of sp³-hybridized carbons (Fsp3) is 0.200. The molecule has 4 nitrogen and oxygen atoms in total. The van der Waals surface area contributed by atoms with E-state index in [0.717, 1.165) is 36.4 Å². The second-order valence-corrected chi connectivity index (χ2v) is 7.74. The minimum absolute atomic E-state index is 0.0178. The molecule has 184 valence electrons. The number of Topliss-reactive ketones (excluding diaryl/α,β-unsaturated/α-hetero) is 1. The molecule has 0 unspecified atom stereocenters. The van der Waals surface area contributed by atoms with E-state index in [1.54, 1.807) is 0 Å². The zero-order valence-electron chi connectivity index (χ0n) is 18.5. The van der Waals surface area contributed by atoms with Gasteiger partial charge < -0.3 is 10.6 Å². The molecular weight excluding hydrogens is 474 g/mol. The van der Waals surface area contributed by atoms with E-state index >= 15 is 0 Å². The molecule has 3 aromatic rings. The van der Waals surface area contributed by atoms with Gasteiger partial charge in [0.2, 0.25) is 5.41 Å². The maximum atomic E-state index is 14.2. The van der Waals surface area contributed by atoms with Gasteiger partial charge in [-0.3, -0.25) is 9.59 Å². The maximum absolute atomic E-state index is 14.2. The Labute approximate surface area is 197 Å². The number of hydrogen-bond donors (Lipinski definition) is 2. The summed E-state index contributed by atoms with van der Waals surface area (Å²) in [5.41, 5.74) is -5.62. The van der Waals surface area contributed by atoms with E-state index in [0.29, 0.717) is 17.8 Å². The lowest BCUT2D eigenvalue weighted by atomic mass is 9.73. The molecule has 0 bridgehead atoms. The highest BCUT2D eigenvalue weighted by molar-refractivity contribution is 6.06. The van der Waals surface area contributed by atoms with Crippen LogP contribution in [0.5, 0.6) is 0 Å². The van der Waals surface area contributed by atoms with Crippen LogP contribution in [-0.2, 0) is 5.41 Å². The molecule has 0 saturated carbocycles. The summed E-state index contributed by atoms with van der Waals surface area (Å²) in [5.74, 6) is -0.955. The summed E-state index contributed by atoms with van der Waals surface area (Å²) >= 11 is 0. The van der Waals surface area contributed by atoms with Crippen molar-refractivity contribution in [3.63, 3.8) is 0 Å². The number of carbonyl (C=O) groups excluding carboxylic acids is 2. The van der Waals surface area contributed by atoms with Crippen LogP contribution in [0.25, 0.3) is 0 Å². The lowest BCUT2D eigenvalue weighted by Crippen LogP contribution is -2.54. The molecule has 0 spiro atoms. The third kappa shape index (κ3) is 4.87. The monoisotopic (exact) mass is 494 g/mol. The normalized spacial score (nSPS) is 12.2. The van der Waals surface area contributed by atoms with Crippen LogP contribution in [0.4, 0.5) is 37.7 Å². The van der Waals surface area contributed by atoms with Gasteiger partial charge in [-0.05, 0) is 54.4 Å². The summed E-state index contributed by atoms with van der Waals surface area (Å²) in [5, 5.41) is 5.06. The molecule has 0 atom stereocenters. The van der Waals surface area contributed by atoms with E-state index in [-0.39, 0.29) is 22.6 Å². The summed E-state index contributed by atoms with van der Waals surface area (Å²) < 4.78 is 85.4. The molecule has 35 heavy (non-hydrogen) atoms. The second-order valence-electron chi connectivity index (χ2n) is 7.74. The molecule has 0 aliphatic heterocycles. The number of ketones is 1. The number of alkyl halides is 6. The first-order valence-electron chi connectivity index (χ1n) is 10.3. The smallest absolute Gasteiger partial charge is 0.388 e. The van der Waals surface area contributed by atoms with E-state index in [9.17, 15) is 35.9 Å². The van der Waals surface area contributed by atoms with Crippen LogP contribution >= 0.6 is 0 Å². The summed E-state index contributed by atoms with van der Waals surface area (Å²) in [6, 6.07) is 12.9. The first-order chi connectivity index (χ1) is 16.3. The average molecular weight is 494 g/mol. The van der Waals surface area contributed by atoms with Crippen molar-refractivity contribution in [2.24, 2.45) is 0 Å². The van der Waals surface area contributed by atoms with Crippen molar-refractivity contribution < 1.29 is 35.9 Å². The number of halogens is 6. The summed E-state index contributed by atoms with van der Waals surface area (Å²) in [6.45, 7) is 1.32. The van der Waals surface area contributed by atoms with Crippen LogP contribution in [0, 0.1) is 0 Å². The fourth-order valence-corrected chi connectivity index (χ4v) is 3.76. The summed E-state index contributed by atoms with van der Waals surface area (Å²) in [6.07, 6.45) is -11.4. The standard InChI is InChI=1S/C25H20F6N2O2/c1-15(34)16-4-3-5-17(14-16)22(35)33-21-12-8-19(9-13-21)23(24(26,27)28,25(29,30)31)18-6-10-20(32-2)11-7-18/h3-14,32H,1-2H3,(H,33,35). The molecule has 3 rings (SSSR count). The van der Waals surface area contributed by atoms with Gasteiger partial charge in [0, 0.05) is 29.5 Å². The number of carbonyl (C=O) groups is 2. The maximum Gasteiger partial charge on any atom is 0.411 e. The number of rotatable bonds is 6. The lowest BCUT2D eigenvalue weighted by Gasteiger charge is -2.38. The Morgan fingerprint density at radius 3 is 1.57 bits per heavy atom. The third-order valence-corrected chi connectivity index (χ3v) is 5.56. The van der Waals surface area contributed by atoms with Crippen LogP contribution in [0.1, 0.15) is 38.8 Å². The Bertz CT molecular complexity index is 1200. The molecule has 1 amide bonds.